The summed E-state index contributed by atoms with van der Waals surface area (Å²) >= 11 is 0. The van der Waals surface area contributed by atoms with Crippen LogP contribution >= 0.6 is 0 Å². The Morgan fingerprint density at radius 2 is 0.733 bits per heavy atom. The van der Waals surface area contributed by atoms with Gasteiger partial charge in [-0.1, -0.05) is 84.9 Å². The van der Waals surface area contributed by atoms with E-state index in [-0.39, 0.29) is 0 Å². The third-order valence-corrected chi connectivity index (χ3v) is 7.60. The minimum absolute atomic E-state index is 0.874. The summed E-state index contributed by atoms with van der Waals surface area (Å²) in [6.07, 6.45) is 0.874. The molecule has 6 rings (SSSR count). The number of anilines is 4. The van der Waals surface area contributed by atoms with Gasteiger partial charge in [-0.15, -0.1) is 0 Å². The maximum absolute atomic E-state index is 4.84. The number of hydrogen-bond acceptors (Lipinski definition) is 4. The van der Waals surface area contributed by atoms with Gasteiger partial charge in [0.15, 0.2) is 0 Å². The summed E-state index contributed by atoms with van der Waals surface area (Å²) in [5, 5.41) is 6.82. The minimum atomic E-state index is 0.874. The molecule has 0 amide bonds. The van der Waals surface area contributed by atoms with Crippen LogP contribution < -0.4 is 10.6 Å². The predicted molar refractivity (Wildman–Crippen MR) is 192 cm³/mol. The molecule has 45 heavy (non-hydrogen) atoms. The summed E-state index contributed by atoms with van der Waals surface area (Å²) in [5.74, 6) is 0. The molecule has 0 bridgehead atoms. The summed E-state index contributed by atoms with van der Waals surface area (Å²) in [5.41, 5.74) is 12.9. The molecule has 0 atom stereocenters. The zero-order chi connectivity index (χ0) is 30.8. The summed E-state index contributed by atoms with van der Waals surface area (Å²) in [4.78, 5) is 9.69. The van der Waals surface area contributed by atoms with Gasteiger partial charge in [-0.05, 0) is 115 Å². The van der Waals surface area contributed by atoms with E-state index in [0.717, 1.165) is 63.1 Å². The van der Waals surface area contributed by atoms with Gasteiger partial charge in [0.25, 0.3) is 0 Å². The molecule has 4 heteroatoms. The lowest BCUT2D eigenvalue weighted by atomic mass is 10.0. The number of aliphatic imine (C=N–C) groups is 2. The highest BCUT2D eigenvalue weighted by molar-refractivity contribution is 6.01. The molecule has 0 spiro atoms. The van der Waals surface area contributed by atoms with Crippen molar-refractivity contribution < 1.29 is 0 Å². The smallest absolute Gasteiger partial charge is 0.0634 e. The lowest BCUT2D eigenvalue weighted by molar-refractivity contribution is 1.19. The molecule has 0 saturated carbocycles. The summed E-state index contributed by atoms with van der Waals surface area (Å²) in [6.45, 7) is 4.12. The number of rotatable bonds is 10. The van der Waals surface area contributed by atoms with Gasteiger partial charge in [-0.25, -0.2) is 0 Å². The zero-order valence-corrected chi connectivity index (χ0v) is 25.6. The van der Waals surface area contributed by atoms with Crippen molar-refractivity contribution in [1.82, 2.24) is 0 Å². The largest absolute Gasteiger partial charge is 0.356 e. The Morgan fingerprint density at radius 3 is 1.09 bits per heavy atom. The first-order valence-corrected chi connectivity index (χ1v) is 15.2. The summed E-state index contributed by atoms with van der Waals surface area (Å²) in [7, 11) is 0. The van der Waals surface area contributed by atoms with Gasteiger partial charge in [0, 0.05) is 34.2 Å². The molecule has 0 fully saturated rings. The van der Waals surface area contributed by atoms with Gasteiger partial charge >= 0.3 is 0 Å². The normalized spacial score (nSPS) is 11.7. The predicted octanol–water partition coefficient (Wildman–Crippen LogP) is 11.0. The molecule has 220 valence electrons. The molecule has 6 aromatic carbocycles. The third-order valence-electron chi connectivity index (χ3n) is 7.60. The van der Waals surface area contributed by atoms with Crippen LogP contribution in [0, 0.1) is 0 Å². The average molecular weight is 585 g/mol. The van der Waals surface area contributed by atoms with Crippen LogP contribution in [-0.2, 0) is 6.42 Å². The van der Waals surface area contributed by atoms with Gasteiger partial charge in [0.05, 0.1) is 11.4 Å². The maximum Gasteiger partial charge on any atom is 0.0634 e. The highest BCUT2D eigenvalue weighted by Crippen LogP contribution is 2.23. The van der Waals surface area contributed by atoms with Crippen LogP contribution in [0.25, 0.3) is 0 Å². The number of para-hydroxylation sites is 2. The van der Waals surface area contributed by atoms with E-state index in [0.29, 0.717) is 0 Å². The number of nitrogens with one attached hydrogen (secondary N) is 2. The van der Waals surface area contributed by atoms with Crippen LogP contribution in [-0.4, -0.2) is 11.4 Å². The summed E-state index contributed by atoms with van der Waals surface area (Å²) < 4.78 is 0. The second kappa shape index (κ2) is 14.2. The monoisotopic (exact) mass is 584 g/mol. The first-order chi connectivity index (χ1) is 22.1. The molecular formula is C41H36N4. The Balaban J connectivity index is 1.04. The third kappa shape index (κ3) is 8.21. The van der Waals surface area contributed by atoms with E-state index >= 15 is 0 Å². The first-order valence-electron chi connectivity index (χ1n) is 15.2. The molecular weight excluding hydrogens is 548 g/mol. The second-order valence-electron chi connectivity index (χ2n) is 11.0. The van der Waals surface area contributed by atoms with Crippen LogP contribution in [0.3, 0.4) is 0 Å². The van der Waals surface area contributed by atoms with Gasteiger partial charge in [0.1, 0.15) is 0 Å². The van der Waals surface area contributed by atoms with Gasteiger partial charge in [0.2, 0.25) is 0 Å². The van der Waals surface area contributed by atoms with Crippen molar-refractivity contribution in [3.63, 3.8) is 0 Å². The fourth-order valence-corrected chi connectivity index (χ4v) is 5.09. The molecule has 2 N–H and O–H groups in total. The Hall–Kier alpha value is -5.74. The molecule has 0 aliphatic carbocycles. The van der Waals surface area contributed by atoms with Crippen LogP contribution in [0.4, 0.5) is 34.1 Å². The fourth-order valence-electron chi connectivity index (χ4n) is 5.09. The van der Waals surface area contributed by atoms with Crippen molar-refractivity contribution in [2.24, 2.45) is 9.98 Å². The molecule has 4 nitrogen and oxygen atoms in total. The van der Waals surface area contributed by atoms with Crippen molar-refractivity contribution in [2.75, 3.05) is 10.6 Å². The van der Waals surface area contributed by atoms with Gasteiger partial charge in [-0.3, -0.25) is 9.98 Å². The van der Waals surface area contributed by atoms with Crippen LogP contribution in [0.2, 0.25) is 0 Å². The number of nitrogens with zero attached hydrogens (tertiary/aromatic N) is 2. The van der Waals surface area contributed by atoms with Crippen molar-refractivity contribution in [2.45, 2.75) is 20.3 Å². The molecule has 0 radical (unpaired) electrons. The molecule has 0 unspecified atom stereocenters. The van der Waals surface area contributed by atoms with E-state index in [1.807, 2.05) is 60.7 Å². The van der Waals surface area contributed by atoms with E-state index in [4.69, 9.17) is 9.98 Å². The molecule has 0 aromatic heterocycles. The highest BCUT2D eigenvalue weighted by Gasteiger charge is 2.04. The van der Waals surface area contributed by atoms with E-state index in [9.17, 15) is 0 Å². The van der Waals surface area contributed by atoms with Crippen molar-refractivity contribution in [3.05, 3.63) is 180 Å². The van der Waals surface area contributed by atoms with Crippen LogP contribution in [0.5, 0.6) is 0 Å². The van der Waals surface area contributed by atoms with Crippen molar-refractivity contribution >= 4 is 45.5 Å². The average Bonchev–Trinajstić information content (AvgIpc) is 3.08. The van der Waals surface area contributed by atoms with E-state index in [1.165, 1.54) is 11.1 Å². The molecule has 0 aliphatic rings. The van der Waals surface area contributed by atoms with Crippen molar-refractivity contribution in [1.29, 1.82) is 0 Å². The lowest BCUT2D eigenvalue weighted by Crippen LogP contribution is -1.97. The first kappa shape index (κ1) is 29.3. The van der Waals surface area contributed by atoms with Gasteiger partial charge in [-0.2, -0.15) is 0 Å². The second-order valence-corrected chi connectivity index (χ2v) is 11.0. The quantitative estimate of drug-likeness (QED) is 0.157. The van der Waals surface area contributed by atoms with E-state index < -0.39 is 0 Å². The Bertz CT molecular complexity index is 1730. The zero-order valence-electron chi connectivity index (χ0n) is 25.6. The van der Waals surface area contributed by atoms with Crippen molar-refractivity contribution in [3.8, 4) is 0 Å². The summed E-state index contributed by atoms with van der Waals surface area (Å²) in [6, 6.07) is 54.1. The van der Waals surface area contributed by atoms with Crippen LogP contribution in [0.1, 0.15) is 36.1 Å². The number of hydrogen-bond donors (Lipinski definition) is 2. The van der Waals surface area contributed by atoms with Gasteiger partial charge < -0.3 is 10.6 Å². The highest BCUT2D eigenvalue weighted by atomic mass is 14.9. The molecule has 0 heterocycles. The van der Waals surface area contributed by atoms with E-state index in [1.54, 1.807) is 0 Å². The van der Waals surface area contributed by atoms with E-state index in [2.05, 4.69) is 122 Å². The standard InChI is InChI=1S/C41H36N4/c1-30(42-38-21-25-40(26-22-38)44-36-9-5-3-6-10-36)34-17-13-32(14-18-34)29-33-15-19-35(20-16-33)31(2)43-39-23-27-41(28-24-39)45-37-11-7-4-8-12-37/h3-28,44-45H,29H2,1-2H3. The number of benzene rings is 6. The topological polar surface area (TPSA) is 48.8 Å². The molecule has 0 aliphatic heterocycles. The lowest BCUT2D eigenvalue weighted by Gasteiger charge is -2.08. The molecule has 0 saturated heterocycles. The van der Waals surface area contributed by atoms with Crippen LogP contribution in [0.15, 0.2) is 168 Å². The Kier molecular flexibility index (Phi) is 9.23. The minimum Gasteiger partial charge on any atom is -0.356 e. The molecule has 6 aromatic rings. The fraction of sp³-hybridized carbons (Fsp3) is 0.0732. The SMILES string of the molecule is CC(=Nc1ccc(Nc2ccccc2)cc1)c1ccc(Cc2ccc(C(C)=Nc3ccc(Nc4ccccc4)cc3)cc2)cc1. The maximum atomic E-state index is 4.84. The Labute approximate surface area is 265 Å². The Morgan fingerprint density at radius 1 is 0.400 bits per heavy atom.